The third-order valence-corrected chi connectivity index (χ3v) is 2.92. The molecule has 1 rings (SSSR count). The van der Waals surface area contributed by atoms with Gasteiger partial charge in [0.2, 0.25) is 5.91 Å². The van der Waals surface area contributed by atoms with E-state index in [9.17, 15) is 14.4 Å². The van der Waals surface area contributed by atoms with Crippen LogP contribution < -0.4 is 15.4 Å². The van der Waals surface area contributed by atoms with Crippen molar-refractivity contribution in [1.29, 1.82) is 5.26 Å². The summed E-state index contributed by atoms with van der Waals surface area (Å²) < 4.78 is 9.79. The van der Waals surface area contributed by atoms with Gasteiger partial charge in [-0.15, -0.1) is 0 Å². The molecule has 0 aliphatic carbocycles. The van der Waals surface area contributed by atoms with Gasteiger partial charge in [0.05, 0.1) is 13.7 Å². The lowest BCUT2D eigenvalue weighted by Crippen LogP contribution is -2.38. The monoisotopic (exact) mass is 345 g/mol. The first-order chi connectivity index (χ1) is 12.0. The molecule has 0 aromatic heterocycles. The summed E-state index contributed by atoms with van der Waals surface area (Å²) in [5.41, 5.74) is 0.358. The fourth-order valence-corrected chi connectivity index (χ4v) is 1.70. The van der Waals surface area contributed by atoms with Crippen LogP contribution in [0.3, 0.4) is 0 Å². The summed E-state index contributed by atoms with van der Waals surface area (Å²) in [5.74, 6) is -1.27. The van der Waals surface area contributed by atoms with Gasteiger partial charge in [-0.1, -0.05) is 12.1 Å². The fraction of sp³-hybridized carbons (Fsp3) is 0.294. The van der Waals surface area contributed by atoms with Gasteiger partial charge >= 0.3 is 5.97 Å². The molecule has 8 heteroatoms. The van der Waals surface area contributed by atoms with Crippen molar-refractivity contribution in [3.63, 3.8) is 0 Å². The highest BCUT2D eigenvalue weighted by Gasteiger charge is 2.13. The second-order valence-corrected chi connectivity index (χ2v) is 4.75. The molecule has 0 atom stereocenters. The van der Waals surface area contributed by atoms with Crippen molar-refractivity contribution in [2.24, 2.45) is 0 Å². The standard InChI is InChI=1S/C17H19N3O5/c1-3-19-15(21)10-20-16(22)11-25-17(23)13(9-18)8-12-4-6-14(24-2)7-5-12/h4-8H,3,10-11H2,1-2H3,(H,19,21)(H,20,22)/b13-8+. The Kier molecular flexibility index (Phi) is 8.23. The number of nitrogens with one attached hydrogen (secondary N) is 2. The molecular formula is C17H19N3O5. The van der Waals surface area contributed by atoms with E-state index in [1.54, 1.807) is 37.3 Å². The number of ether oxygens (including phenoxy) is 2. The second-order valence-electron chi connectivity index (χ2n) is 4.75. The molecule has 0 fully saturated rings. The summed E-state index contributed by atoms with van der Waals surface area (Å²) in [6.07, 6.45) is 1.34. The van der Waals surface area contributed by atoms with E-state index < -0.39 is 18.5 Å². The highest BCUT2D eigenvalue weighted by Crippen LogP contribution is 2.14. The molecule has 0 aliphatic heterocycles. The van der Waals surface area contributed by atoms with Gasteiger partial charge in [0.15, 0.2) is 6.61 Å². The molecule has 0 unspecified atom stereocenters. The molecule has 1 aromatic rings. The quantitative estimate of drug-likeness (QED) is 0.400. The Labute approximate surface area is 145 Å². The van der Waals surface area contributed by atoms with Crippen molar-refractivity contribution in [3.05, 3.63) is 35.4 Å². The number of benzene rings is 1. The molecule has 0 saturated carbocycles. The van der Waals surface area contributed by atoms with Crippen LogP contribution in [0.1, 0.15) is 12.5 Å². The van der Waals surface area contributed by atoms with Crippen LogP contribution in [0.4, 0.5) is 0 Å². The summed E-state index contributed by atoms with van der Waals surface area (Å²) in [4.78, 5) is 34.6. The lowest BCUT2D eigenvalue weighted by atomic mass is 10.1. The lowest BCUT2D eigenvalue weighted by Gasteiger charge is -2.06. The van der Waals surface area contributed by atoms with Crippen LogP contribution in [0.5, 0.6) is 5.75 Å². The summed E-state index contributed by atoms with van der Waals surface area (Å²) in [6, 6.07) is 8.43. The van der Waals surface area contributed by atoms with Gasteiger partial charge in [-0.05, 0) is 30.7 Å². The third-order valence-electron chi connectivity index (χ3n) is 2.92. The Bertz CT molecular complexity index is 689. The zero-order chi connectivity index (χ0) is 18.7. The van der Waals surface area contributed by atoms with Crippen LogP contribution in [0.15, 0.2) is 29.8 Å². The number of carbonyl (C=O) groups is 3. The predicted octanol–water partition coefficient (Wildman–Crippen LogP) is 0.398. The normalized spacial score (nSPS) is 10.4. The summed E-state index contributed by atoms with van der Waals surface area (Å²) >= 11 is 0. The number of carbonyl (C=O) groups excluding carboxylic acids is 3. The summed E-state index contributed by atoms with van der Waals surface area (Å²) in [6.45, 7) is 1.41. The molecule has 2 N–H and O–H groups in total. The first kappa shape index (κ1) is 19.7. The van der Waals surface area contributed by atoms with E-state index in [0.29, 0.717) is 17.9 Å². The molecule has 0 radical (unpaired) electrons. The van der Waals surface area contributed by atoms with Crippen LogP contribution in [-0.2, 0) is 19.1 Å². The molecule has 8 nitrogen and oxygen atoms in total. The first-order valence-electron chi connectivity index (χ1n) is 7.46. The summed E-state index contributed by atoms with van der Waals surface area (Å²) in [7, 11) is 1.53. The Morgan fingerprint density at radius 3 is 2.40 bits per heavy atom. The molecule has 0 aliphatic rings. The first-order valence-corrected chi connectivity index (χ1v) is 7.46. The van der Waals surface area contributed by atoms with Gasteiger partial charge in [-0.2, -0.15) is 5.26 Å². The number of nitriles is 1. The van der Waals surface area contributed by atoms with E-state index in [4.69, 9.17) is 14.7 Å². The van der Waals surface area contributed by atoms with Crippen LogP contribution in [-0.4, -0.2) is 44.6 Å². The van der Waals surface area contributed by atoms with Crippen molar-refractivity contribution < 1.29 is 23.9 Å². The molecule has 2 amide bonds. The average Bonchev–Trinajstić information content (AvgIpc) is 2.63. The maximum atomic E-state index is 11.8. The minimum Gasteiger partial charge on any atom is -0.497 e. The van der Waals surface area contributed by atoms with E-state index >= 15 is 0 Å². The number of rotatable bonds is 8. The summed E-state index contributed by atoms with van der Waals surface area (Å²) in [5, 5.41) is 13.9. The smallest absolute Gasteiger partial charge is 0.349 e. The predicted molar refractivity (Wildman–Crippen MR) is 89.2 cm³/mol. The van der Waals surface area contributed by atoms with Crippen LogP contribution >= 0.6 is 0 Å². The maximum absolute atomic E-state index is 11.8. The van der Waals surface area contributed by atoms with Crippen LogP contribution in [0.2, 0.25) is 0 Å². The van der Waals surface area contributed by atoms with Gasteiger partial charge in [0, 0.05) is 6.54 Å². The van der Waals surface area contributed by atoms with Gasteiger partial charge in [0.25, 0.3) is 5.91 Å². The van der Waals surface area contributed by atoms with Gasteiger partial charge < -0.3 is 20.1 Å². The topological polar surface area (TPSA) is 118 Å². The van der Waals surface area contributed by atoms with E-state index in [2.05, 4.69) is 10.6 Å². The number of amides is 2. The van der Waals surface area contributed by atoms with Crippen LogP contribution in [0, 0.1) is 11.3 Å². The van der Waals surface area contributed by atoms with E-state index in [0.717, 1.165) is 0 Å². The van der Waals surface area contributed by atoms with Gasteiger partial charge in [-0.3, -0.25) is 9.59 Å². The minimum atomic E-state index is -0.925. The van der Waals surface area contributed by atoms with E-state index in [-0.39, 0.29) is 18.0 Å². The number of methoxy groups -OCH3 is 1. The van der Waals surface area contributed by atoms with Crippen molar-refractivity contribution in [2.75, 3.05) is 26.8 Å². The Hall–Kier alpha value is -3.34. The number of likely N-dealkylation sites (N-methyl/N-ethyl adjacent to an activating group) is 1. The highest BCUT2D eigenvalue weighted by atomic mass is 16.5. The molecule has 0 spiro atoms. The van der Waals surface area contributed by atoms with E-state index in [1.807, 2.05) is 0 Å². The fourth-order valence-electron chi connectivity index (χ4n) is 1.70. The zero-order valence-electron chi connectivity index (χ0n) is 14.0. The highest BCUT2D eigenvalue weighted by molar-refractivity contribution is 5.99. The molecule has 25 heavy (non-hydrogen) atoms. The molecule has 0 bridgehead atoms. The Balaban J connectivity index is 2.55. The second kappa shape index (κ2) is 10.4. The largest absolute Gasteiger partial charge is 0.497 e. The van der Waals surface area contributed by atoms with Gasteiger partial charge in [0.1, 0.15) is 17.4 Å². The third kappa shape index (κ3) is 7.18. The lowest BCUT2D eigenvalue weighted by molar-refractivity contribution is -0.144. The maximum Gasteiger partial charge on any atom is 0.349 e. The number of hydrogen-bond acceptors (Lipinski definition) is 6. The number of hydrogen-bond donors (Lipinski definition) is 2. The molecule has 0 saturated heterocycles. The van der Waals surface area contributed by atoms with Crippen molar-refractivity contribution in [2.45, 2.75) is 6.92 Å². The van der Waals surface area contributed by atoms with E-state index in [1.165, 1.54) is 13.2 Å². The minimum absolute atomic E-state index is 0.211. The zero-order valence-corrected chi connectivity index (χ0v) is 14.0. The Morgan fingerprint density at radius 1 is 1.16 bits per heavy atom. The molecule has 132 valence electrons. The van der Waals surface area contributed by atoms with Crippen molar-refractivity contribution in [3.8, 4) is 11.8 Å². The van der Waals surface area contributed by atoms with Crippen molar-refractivity contribution >= 4 is 23.9 Å². The van der Waals surface area contributed by atoms with Crippen molar-refractivity contribution in [1.82, 2.24) is 10.6 Å². The molecular weight excluding hydrogens is 326 g/mol. The Morgan fingerprint density at radius 2 is 1.84 bits per heavy atom. The molecule has 0 heterocycles. The molecule has 1 aromatic carbocycles. The van der Waals surface area contributed by atoms with Gasteiger partial charge in [-0.25, -0.2) is 4.79 Å². The number of nitrogens with zero attached hydrogens (tertiary/aromatic N) is 1. The number of esters is 1. The van der Waals surface area contributed by atoms with Crippen LogP contribution in [0.25, 0.3) is 6.08 Å². The SMILES string of the molecule is CCNC(=O)CNC(=O)COC(=O)/C(C#N)=C/c1ccc(OC)cc1. The average molecular weight is 345 g/mol.